The third-order valence-corrected chi connectivity index (χ3v) is 3.62. The highest BCUT2D eigenvalue weighted by Gasteiger charge is 2.24. The van der Waals surface area contributed by atoms with Crippen molar-refractivity contribution in [1.29, 1.82) is 0 Å². The summed E-state index contributed by atoms with van der Waals surface area (Å²) in [6.45, 7) is -0.253. The minimum atomic E-state index is -1.27. The zero-order valence-electron chi connectivity index (χ0n) is 12.8. The van der Waals surface area contributed by atoms with Gasteiger partial charge in [0.15, 0.2) is 0 Å². The van der Waals surface area contributed by atoms with Crippen molar-refractivity contribution < 1.29 is 14.4 Å². The first kappa shape index (κ1) is 16.5. The molecule has 0 spiro atoms. The third-order valence-electron chi connectivity index (χ3n) is 3.62. The zero-order valence-corrected chi connectivity index (χ0v) is 12.8. The minimum Gasteiger partial charge on any atom is -0.386 e. The molecule has 2 heterocycles. The van der Waals surface area contributed by atoms with E-state index in [4.69, 9.17) is 0 Å². The van der Waals surface area contributed by atoms with Crippen LogP contribution in [0.5, 0.6) is 0 Å². The Balaban J connectivity index is 1.96. The Morgan fingerprint density at radius 3 is 2.72 bits per heavy atom. The number of hydrogen-bond acceptors (Lipinski definition) is 6. The summed E-state index contributed by atoms with van der Waals surface area (Å²) in [6.07, 6.45) is 0.104. The van der Waals surface area contributed by atoms with Crippen LogP contribution in [0.1, 0.15) is 11.7 Å². The van der Waals surface area contributed by atoms with Crippen molar-refractivity contribution >= 4 is 17.2 Å². The smallest absolute Gasteiger partial charge is 0.376 e. The van der Waals surface area contributed by atoms with Gasteiger partial charge in [0, 0.05) is 18.3 Å². The molecule has 9 heteroatoms. The monoisotopic (exact) mass is 344 g/mol. The minimum absolute atomic E-state index is 0.0372. The van der Waals surface area contributed by atoms with E-state index in [1.165, 1.54) is 30.5 Å². The van der Waals surface area contributed by atoms with E-state index in [9.17, 15) is 24.4 Å². The van der Waals surface area contributed by atoms with E-state index in [0.29, 0.717) is 0 Å². The molecule has 0 saturated heterocycles. The van der Waals surface area contributed by atoms with Crippen LogP contribution in [0.25, 0.3) is 5.65 Å². The standard InChI is InChI=1S/C16H13FN4O4/c17-11-6-2-1-5-10(11)12(22)9-18-15-14(21(24)25)16(23)20-8-4-3-7-13(20)19-15/h1-8,12,18,22H,9H2/t12-/m1/s1. The lowest BCUT2D eigenvalue weighted by molar-refractivity contribution is -0.385. The summed E-state index contributed by atoms with van der Waals surface area (Å²) < 4.78 is 14.7. The van der Waals surface area contributed by atoms with Crippen molar-refractivity contribution in [3.63, 3.8) is 0 Å². The number of benzene rings is 1. The maximum Gasteiger partial charge on any atom is 0.376 e. The molecule has 25 heavy (non-hydrogen) atoms. The lowest BCUT2D eigenvalue weighted by Gasteiger charge is -2.13. The van der Waals surface area contributed by atoms with E-state index in [1.54, 1.807) is 18.2 Å². The maximum absolute atomic E-state index is 13.7. The van der Waals surface area contributed by atoms with Crippen LogP contribution in [0.3, 0.4) is 0 Å². The molecule has 0 aliphatic carbocycles. The molecule has 0 amide bonds. The first-order valence-electron chi connectivity index (χ1n) is 7.31. The Bertz CT molecular complexity index is 1000. The fourth-order valence-corrected chi connectivity index (χ4v) is 2.42. The number of rotatable bonds is 5. The molecular formula is C16H13FN4O4. The molecule has 3 aromatic rings. The summed E-state index contributed by atoms with van der Waals surface area (Å²) in [5, 5.41) is 23.9. The van der Waals surface area contributed by atoms with Crippen LogP contribution < -0.4 is 10.9 Å². The van der Waals surface area contributed by atoms with Gasteiger partial charge in [-0.05, 0) is 18.2 Å². The van der Waals surface area contributed by atoms with Crippen LogP contribution in [0.15, 0.2) is 53.5 Å². The highest BCUT2D eigenvalue weighted by molar-refractivity contribution is 5.59. The number of nitrogens with one attached hydrogen (secondary N) is 1. The SMILES string of the molecule is O=c1c([N+](=O)[O-])c(NC[C@@H](O)c2ccccc2F)nc2ccccn12. The molecule has 0 aliphatic rings. The number of pyridine rings is 1. The highest BCUT2D eigenvalue weighted by atomic mass is 19.1. The van der Waals surface area contributed by atoms with E-state index < -0.39 is 28.1 Å². The maximum atomic E-state index is 13.7. The second-order valence-corrected chi connectivity index (χ2v) is 5.22. The van der Waals surface area contributed by atoms with Crippen LogP contribution >= 0.6 is 0 Å². The number of fused-ring (bicyclic) bond motifs is 1. The van der Waals surface area contributed by atoms with Crippen LogP contribution in [-0.4, -0.2) is 26.0 Å². The summed E-state index contributed by atoms with van der Waals surface area (Å²) in [4.78, 5) is 26.7. The summed E-state index contributed by atoms with van der Waals surface area (Å²) in [7, 11) is 0. The molecular weight excluding hydrogens is 331 g/mol. The topological polar surface area (TPSA) is 110 Å². The zero-order chi connectivity index (χ0) is 18.0. The van der Waals surface area contributed by atoms with Crippen molar-refractivity contribution in [1.82, 2.24) is 9.38 Å². The van der Waals surface area contributed by atoms with Gasteiger partial charge in [-0.1, -0.05) is 24.3 Å². The number of aliphatic hydroxyl groups is 1. The predicted octanol–water partition coefficient (Wildman–Crippen LogP) is 1.89. The average molecular weight is 344 g/mol. The first-order chi connectivity index (χ1) is 12.0. The quantitative estimate of drug-likeness (QED) is 0.540. The van der Waals surface area contributed by atoms with Crippen LogP contribution in [-0.2, 0) is 0 Å². The first-order valence-corrected chi connectivity index (χ1v) is 7.31. The summed E-state index contributed by atoms with van der Waals surface area (Å²) in [5.74, 6) is -0.880. The molecule has 0 aliphatic heterocycles. The molecule has 1 atom stereocenters. The van der Waals surface area contributed by atoms with E-state index in [1.807, 2.05) is 0 Å². The van der Waals surface area contributed by atoms with Crippen molar-refractivity contribution in [2.24, 2.45) is 0 Å². The molecule has 0 saturated carbocycles. The molecule has 1 aromatic carbocycles. The van der Waals surface area contributed by atoms with Crippen LogP contribution in [0.4, 0.5) is 15.9 Å². The lowest BCUT2D eigenvalue weighted by Crippen LogP contribution is -2.23. The number of anilines is 1. The molecule has 3 rings (SSSR count). The van der Waals surface area contributed by atoms with Crippen molar-refractivity contribution in [2.45, 2.75) is 6.10 Å². The number of nitrogens with zero attached hydrogens (tertiary/aromatic N) is 3. The molecule has 2 N–H and O–H groups in total. The lowest BCUT2D eigenvalue weighted by atomic mass is 10.1. The Kier molecular flexibility index (Phi) is 4.40. The Morgan fingerprint density at radius 2 is 2.00 bits per heavy atom. The van der Waals surface area contributed by atoms with Gasteiger partial charge in [-0.15, -0.1) is 0 Å². The van der Waals surface area contributed by atoms with E-state index in [2.05, 4.69) is 10.3 Å². The van der Waals surface area contributed by atoms with Gasteiger partial charge in [0.05, 0.1) is 11.0 Å². The number of aromatic nitrogens is 2. The number of hydrogen-bond donors (Lipinski definition) is 2. The molecule has 0 unspecified atom stereocenters. The number of aliphatic hydroxyl groups excluding tert-OH is 1. The van der Waals surface area contributed by atoms with Gasteiger partial charge in [0.2, 0.25) is 5.82 Å². The van der Waals surface area contributed by atoms with Gasteiger partial charge in [0.1, 0.15) is 11.5 Å². The van der Waals surface area contributed by atoms with Crippen molar-refractivity contribution in [3.05, 3.63) is 80.5 Å². The van der Waals surface area contributed by atoms with E-state index >= 15 is 0 Å². The van der Waals surface area contributed by atoms with Crippen molar-refractivity contribution in [3.8, 4) is 0 Å². The van der Waals surface area contributed by atoms with Crippen molar-refractivity contribution in [2.75, 3.05) is 11.9 Å². The molecule has 8 nitrogen and oxygen atoms in total. The normalized spacial score (nSPS) is 12.1. The van der Waals surface area contributed by atoms with Gasteiger partial charge >= 0.3 is 11.2 Å². The van der Waals surface area contributed by atoms with E-state index in [-0.39, 0.29) is 23.6 Å². The van der Waals surface area contributed by atoms with E-state index in [0.717, 1.165) is 4.40 Å². The summed E-state index contributed by atoms with van der Waals surface area (Å²) >= 11 is 0. The van der Waals surface area contributed by atoms with Gasteiger partial charge in [-0.3, -0.25) is 19.3 Å². The number of nitro groups is 1. The van der Waals surface area contributed by atoms with Crippen LogP contribution in [0.2, 0.25) is 0 Å². The van der Waals surface area contributed by atoms with Gasteiger partial charge < -0.3 is 10.4 Å². The molecule has 2 aromatic heterocycles. The fourth-order valence-electron chi connectivity index (χ4n) is 2.42. The average Bonchev–Trinajstić information content (AvgIpc) is 2.60. The molecule has 0 radical (unpaired) electrons. The summed E-state index contributed by atoms with van der Waals surface area (Å²) in [5.41, 5.74) is -1.35. The Hall–Kier alpha value is -3.33. The Morgan fingerprint density at radius 1 is 1.28 bits per heavy atom. The molecule has 128 valence electrons. The Labute approximate surface area is 140 Å². The highest BCUT2D eigenvalue weighted by Crippen LogP contribution is 2.21. The van der Waals surface area contributed by atoms with Gasteiger partial charge in [0.25, 0.3) is 0 Å². The summed E-state index contributed by atoms with van der Waals surface area (Å²) in [6, 6.07) is 10.3. The third kappa shape index (κ3) is 3.17. The molecule has 0 fully saturated rings. The fraction of sp³-hybridized carbons (Fsp3) is 0.125. The predicted molar refractivity (Wildman–Crippen MR) is 88.0 cm³/mol. The number of halogens is 1. The molecule has 0 bridgehead atoms. The van der Waals surface area contributed by atoms with Gasteiger partial charge in [-0.2, -0.15) is 0 Å². The second-order valence-electron chi connectivity index (χ2n) is 5.22. The van der Waals surface area contributed by atoms with Crippen LogP contribution in [0, 0.1) is 15.9 Å². The second kappa shape index (κ2) is 6.65. The largest absolute Gasteiger partial charge is 0.386 e. The van der Waals surface area contributed by atoms with Gasteiger partial charge in [-0.25, -0.2) is 9.37 Å².